The molecule has 1 atom stereocenters. The molecule has 5 nitrogen and oxygen atoms in total. The van der Waals surface area contributed by atoms with E-state index in [0.29, 0.717) is 19.5 Å². The third-order valence-electron chi connectivity index (χ3n) is 3.58. The molecule has 0 aromatic carbocycles. The maximum absolute atomic E-state index is 12.2. The van der Waals surface area contributed by atoms with Crippen LogP contribution in [0, 0.1) is 0 Å². The van der Waals surface area contributed by atoms with Crippen molar-refractivity contribution in [2.24, 2.45) is 0 Å². The van der Waals surface area contributed by atoms with Gasteiger partial charge in [0.15, 0.2) is 9.84 Å². The molecule has 0 bridgehead atoms. The number of rotatable bonds is 3. The van der Waals surface area contributed by atoms with Crippen LogP contribution in [0.5, 0.6) is 0 Å². The summed E-state index contributed by atoms with van der Waals surface area (Å²) < 4.78 is 28.6. The molecule has 0 unspecified atom stereocenters. The Morgan fingerprint density at radius 1 is 1.35 bits per heavy atom. The van der Waals surface area contributed by atoms with Crippen molar-refractivity contribution in [1.29, 1.82) is 0 Å². The fourth-order valence-electron chi connectivity index (χ4n) is 2.39. The average molecular weight is 305 g/mol. The number of ether oxygens (including phenoxy) is 1. The molecule has 0 aromatic rings. The molecule has 20 heavy (non-hydrogen) atoms. The molecule has 0 aliphatic carbocycles. The van der Waals surface area contributed by atoms with Gasteiger partial charge in [-0.3, -0.25) is 9.69 Å². The van der Waals surface area contributed by atoms with Crippen LogP contribution in [-0.2, 0) is 19.4 Å². The summed E-state index contributed by atoms with van der Waals surface area (Å²) >= 11 is 0. The van der Waals surface area contributed by atoms with Gasteiger partial charge in [-0.15, -0.1) is 0 Å². The molecule has 1 heterocycles. The average Bonchev–Trinajstić information content (AvgIpc) is 2.21. The third kappa shape index (κ3) is 3.95. The summed E-state index contributed by atoms with van der Waals surface area (Å²) in [5.74, 6) is -0.172. The van der Waals surface area contributed by atoms with Gasteiger partial charge in [-0.05, 0) is 41.0 Å². The van der Waals surface area contributed by atoms with Gasteiger partial charge in [0.1, 0.15) is 11.6 Å². The van der Waals surface area contributed by atoms with Gasteiger partial charge in [-0.2, -0.15) is 0 Å². The summed E-state index contributed by atoms with van der Waals surface area (Å²) in [6.07, 6.45) is 0.616. The van der Waals surface area contributed by atoms with Crippen LogP contribution in [0.2, 0.25) is 0 Å². The van der Waals surface area contributed by atoms with Gasteiger partial charge >= 0.3 is 5.97 Å². The molecular weight excluding hydrogens is 278 g/mol. The minimum Gasteiger partial charge on any atom is -0.459 e. The molecule has 1 fully saturated rings. The van der Waals surface area contributed by atoms with Gasteiger partial charge in [-0.1, -0.05) is 6.92 Å². The van der Waals surface area contributed by atoms with E-state index in [4.69, 9.17) is 4.74 Å². The van der Waals surface area contributed by atoms with Crippen molar-refractivity contribution in [3.05, 3.63) is 0 Å². The lowest BCUT2D eigenvalue weighted by Crippen LogP contribution is -2.58. The van der Waals surface area contributed by atoms with E-state index in [-0.39, 0.29) is 17.8 Å². The summed E-state index contributed by atoms with van der Waals surface area (Å²) in [4.78, 5) is 14.2. The Bertz CT molecular complexity index is 462. The highest BCUT2D eigenvalue weighted by Gasteiger charge is 2.43. The van der Waals surface area contributed by atoms with Crippen molar-refractivity contribution < 1.29 is 17.9 Å². The topological polar surface area (TPSA) is 63.7 Å². The van der Waals surface area contributed by atoms with Gasteiger partial charge in [-0.25, -0.2) is 8.42 Å². The minimum atomic E-state index is -3.09. The lowest BCUT2D eigenvalue weighted by atomic mass is 10.1. The zero-order valence-corrected chi connectivity index (χ0v) is 14.2. The number of esters is 1. The number of carbonyl (C=O) groups is 1. The summed E-state index contributed by atoms with van der Waals surface area (Å²) in [5.41, 5.74) is -0.526. The molecule has 0 N–H and O–H groups in total. The number of hydrogen-bond donors (Lipinski definition) is 0. The van der Waals surface area contributed by atoms with E-state index in [0.717, 1.165) is 0 Å². The van der Waals surface area contributed by atoms with Crippen LogP contribution in [0.15, 0.2) is 0 Å². The molecule has 1 aliphatic rings. The van der Waals surface area contributed by atoms with Crippen LogP contribution in [0.25, 0.3) is 0 Å². The number of hydrogen-bond acceptors (Lipinski definition) is 5. The van der Waals surface area contributed by atoms with Crippen molar-refractivity contribution >= 4 is 15.8 Å². The first-order chi connectivity index (χ1) is 8.89. The maximum Gasteiger partial charge on any atom is 0.323 e. The third-order valence-corrected chi connectivity index (χ3v) is 6.11. The molecular formula is C14H27NO4S. The van der Waals surface area contributed by atoms with Crippen LogP contribution in [0.3, 0.4) is 0 Å². The highest BCUT2D eigenvalue weighted by atomic mass is 32.2. The van der Waals surface area contributed by atoms with Gasteiger partial charge in [0, 0.05) is 13.1 Å². The van der Waals surface area contributed by atoms with E-state index < -0.39 is 20.2 Å². The quantitative estimate of drug-likeness (QED) is 0.741. The highest BCUT2D eigenvalue weighted by Crippen LogP contribution is 2.26. The van der Waals surface area contributed by atoms with E-state index >= 15 is 0 Å². The Hall–Kier alpha value is -0.620. The molecule has 0 amide bonds. The van der Waals surface area contributed by atoms with E-state index in [9.17, 15) is 13.2 Å². The van der Waals surface area contributed by atoms with Crippen molar-refractivity contribution in [2.45, 2.75) is 64.4 Å². The first-order valence-electron chi connectivity index (χ1n) is 7.09. The lowest BCUT2D eigenvalue weighted by Gasteiger charge is -2.41. The normalized spacial score (nSPS) is 24.1. The molecule has 1 aliphatic heterocycles. The zero-order chi connectivity index (χ0) is 15.8. The van der Waals surface area contributed by atoms with Gasteiger partial charge in [0.25, 0.3) is 0 Å². The standard InChI is InChI=1S/C14H27NO4S/c1-7-11(12(16)19-13(2,3)4)15-8-9-20(17,18)14(5,6)10-15/h11H,7-10H2,1-6H3/t11-/m1/s1. The van der Waals surface area contributed by atoms with Gasteiger partial charge in [0.2, 0.25) is 0 Å². The molecule has 0 radical (unpaired) electrons. The van der Waals surface area contributed by atoms with Gasteiger partial charge in [0.05, 0.1) is 10.5 Å². The molecule has 118 valence electrons. The van der Waals surface area contributed by atoms with Crippen molar-refractivity contribution in [2.75, 3.05) is 18.8 Å². The highest BCUT2D eigenvalue weighted by molar-refractivity contribution is 7.92. The minimum absolute atomic E-state index is 0.0965. The fourth-order valence-corrected chi connectivity index (χ4v) is 3.78. The van der Waals surface area contributed by atoms with Crippen molar-refractivity contribution in [3.63, 3.8) is 0 Å². The summed E-state index contributed by atoms with van der Waals surface area (Å²) in [5, 5.41) is 0. The molecule has 6 heteroatoms. The smallest absolute Gasteiger partial charge is 0.323 e. The van der Waals surface area contributed by atoms with Crippen molar-refractivity contribution in [1.82, 2.24) is 4.90 Å². The zero-order valence-electron chi connectivity index (χ0n) is 13.4. The summed E-state index contributed by atoms with van der Waals surface area (Å²) in [7, 11) is -3.09. The SMILES string of the molecule is CC[C@H](C(=O)OC(C)(C)C)N1CCS(=O)(=O)C(C)(C)C1. The van der Waals surface area contributed by atoms with Gasteiger partial charge < -0.3 is 4.74 Å². The van der Waals surface area contributed by atoms with Crippen LogP contribution in [-0.4, -0.2) is 54.5 Å². The van der Waals surface area contributed by atoms with Crippen LogP contribution in [0.4, 0.5) is 0 Å². The summed E-state index contributed by atoms with van der Waals surface area (Å²) in [6, 6.07) is -0.371. The first kappa shape index (κ1) is 17.4. The predicted molar refractivity (Wildman–Crippen MR) is 79.4 cm³/mol. The van der Waals surface area contributed by atoms with E-state index in [1.807, 2.05) is 32.6 Å². The number of nitrogens with zero attached hydrogens (tertiary/aromatic N) is 1. The van der Waals surface area contributed by atoms with Crippen LogP contribution in [0.1, 0.15) is 48.0 Å². The molecule has 0 spiro atoms. The van der Waals surface area contributed by atoms with Crippen LogP contribution < -0.4 is 0 Å². The number of carbonyl (C=O) groups excluding carboxylic acids is 1. The predicted octanol–water partition coefficient (Wildman–Crippen LogP) is 1.62. The summed E-state index contributed by atoms with van der Waals surface area (Å²) in [6.45, 7) is 11.6. The monoisotopic (exact) mass is 305 g/mol. The Labute approximate surface area is 122 Å². The molecule has 1 rings (SSSR count). The second kappa shape index (κ2) is 5.64. The largest absolute Gasteiger partial charge is 0.459 e. The van der Waals surface area contributed by atoms with E-state index in [1.54, 1.807) is 13.8 Å². The van der Waals surface area contributed by atoms with E-state index in [2.05, 4.69) is 0 Å². The Morgan fingerprint density at radius 3 is 2.30 bits per heavy atom. The number of sulfone groups is 1. The maximum atomic E-state index is 12.2. The Kier molecular flexibility index (Phi) is 4.91. The molecule has 0 saturated carbocycles. The Balaban J connectivity index is 2.85. The molecule has 1 saturated heterocycles. The Morgan fingerprint density at radius 2 is 1.90 bits per heavy atom. The van der Waals surface area contributed by atoms with Crippen LogP contribution >= 0.6 is 0 Å². The second-order valence-electron chi connectivity index (χ2n) is 7.01. The van der Waals surface area contributed by atoms with E-state index in [1.165, 1.54) is 0 Å². The lowest BCUT2D eigenvalue weighted by molar-refractivity contribution is -0.161. The molecule has 0 aromatic heterocycles. The first-order valence-corrected chi connectivity index (χ1v) is 8.74. The van der Waals surface area contributed by atoms with Crippen molar-refractivity contribution in [3.8, 4) is 0 Å². The second-order valence-corrected chi connectivity index (χ2v) is 9.75. The fraction of sp³-hybridized carbons (Fsp3) is 0.929.